The average Bonchev–Trinajstić information content (AvgIpc) is 2.69. The molecule has 0 aliphatic carbocycles. The van der Waals surface area contributed by atoms with E-state index in [-0.39, 0.29) is 11.8 Å². The highest BCUT2D eigenvalue weighted by atomic mass is 16.5. The summed E-state index contributed by atoms with van der Waals surface area (Å²) in [6.45, 7) is 3.88. The van der Waals surface area contributed by atoms with Crippen molar-refractivity contribution in [3.63, 3.8) is 0 Å². The molecule has 0 saturated carbocycles. The third-order valence-corrected chi connectivity index (χ3v) is 4.57. The molecule has 142 valence electrons. The fraction of sp³-hybridized carbons (Fsp3) is 0.333. The Bertz CT molecular complexity index is 829. The van der Waals surface area contributed by atoms with Crippen molar-refractivity contribution in [3.05, 3.63) is 53.6 Å². The smallest absolute Gasteiger partial charge is 0.255 e. The number of anilines is 2. The highest BCUT2D eigenvalue weighted by molar-refractivity contribution is 6.06. The fourth-order valence-electron chi connectivity index (χ4n) is 3.20. The van der Waals surface area contributed by atoms with Gasteiger partial charge in [-0.2, -0.15) is 0 Å². The number of nitrogen functional groups attached to an aromatic ring is 1. The van der Waals surface area contributed by atoms with Gasteiger partial charge < -0.3 is 20.7 Å². The molecule has 1 heterocycles. The van der Waals surface area contributed by atoms with Crippen LogP contribution in [0.15, 0.2) is 42.5 Å². The van der Waals surface area contributed by atoms with Gasteiger partial charge in [0.05, 0.1) is 12.3 Å². The van der Waals surface area contributed by atoms with Crippen molar-refractivity contribution in [1.29, 1.82) is 0 Å². The maximum atomic E-state index is 12.8. The number of benzene rings is 2. The Balaban J connectivity index is 1.85. The summed E-state index contributed by atoms with van der Waals surface area (Å²) in [4.78, 5) is 27.2. The van der Waals surface area contributed by atoms with Crippen LogP contribution in [0.3, 0.4) is 0 Å². The number of nitrogens with two attached hydrogens (primary N) is 1. The SMILES string of the molecule is CCOc1ccc(C(=O)N2CCCCC2)cc1NC(=O)c1cccc(N)c1. The van der Waals surface area contributed by atoms with Gasteiger partial charge in [-0.05, 0) is 62.6 Å². The molecule has 1 saturated heterocycles. The molecule has 3 N–H and O–H groups in total. The minimum Gasteiger partial charge on any atom is -0.492 e. The van der Waals surface area contributed by atoms with Crippen molar-refractivity contribution in [1.82, 2.24) is 4.90 Å². The zero-order valence-corrected chi connectivity index (χ0v) is 15.5. The zero-order valence-electron chi connectivity index (χ0n) is 15.5. The van der Waals surface area contributed by atoms with E-state index in [9.17, 15) is 9.59 Å². The van der Waals surface area contributed by atoms with Crippen LogP contribution < -0.4 is 15.8 Å². The molecule has 0 atom stereocenters. The van der Waals surface area contributed by atoms with Crippen LogP contribution in [0.2, 0.25) is 0 Å². The fourth-order valence-corrected chi connectivity index (χ4v) is 3.20. The van der Waals surface area contributed by atoms with E-state index in [4.69, 9.17) is 10.5 Å². The quantitative estimate of drug-likeness (QED) is 0.792. The number of carbonyl (C=O) groups excluding carboxylic acids is 2. The van der Waals surface area contributed by atoms with Gasteiger partial charge in [0.15, 0.2) is 0 Å². The molecule has 1 fully saturated rings. The number of ether oxygens (including phenoxy) is 1. The second kappa shape index (κ2) is 8.58. The van der Waals surface area contributed by atoms with Crippen LogP contribution in [-0.2, 0) is 0 Å². The van der Waals surface area contributed by atoms with Crippen LogP contribution in [0.5, 0.6) is 5.75 Å². The van der Waals surface area contributed by atoms with Crippen LogP contribution >= 0.6 is 0 Å². The molecule has 0 bridgehead atoms. The largest absolute Gasteiger partial charge is 0.492 e. The monoisotopic (exact) mass is 367 g/mol. The first-order chi connectivity index (χ1) is 13.1. The molecule has 27 heavy (non-hydrogen) atoms. The highest BCUT2D eigenvalue weighted by Crippen LogP contribution is 2.28. The number of nitrogens with zero attached hydrogens (tertiary/aromatic N) is 1. The van der Waals surface area contributed by atoms with E-state index in [0.717, 1.165) is 32.4 Å². The second-order valence-corrected chi connectivity index (χ2v) is 6.58. The summed E-state index contributed by atoms with van der Waals surface area (Å²) >= 11 is 0. The van der Waals surface area contributed by atoms with Crippen molar-refractivity contribution in [2.24, 2.45) is 0 Å². The maximum Gasteiger partial charge on any atom is 0.255 e. The molecule has 6 nitrogen and oxygen atoms in total. The molecule has 0 radical (unpaired) electrons. The lowest BCUT2D eigenvalue weighted by Gasteiger charge is -2.27. The third kappa shape index (κ3) is 4.58. The molecule has 0 aromatic heterocycles. The van der Waals surface area contributed by atoms with E-state index >= 15 is 0 Å². The first-order valence-electron chi connectivity index (χ1n) is 9.31. The second-order valence-electron chi connectivity index (χ2n) is 6.58. The van der Waals surface area contributed by atoms with E-state index in [1.165, 1.54) is 0 Å². The minimum atomic E-state index is -0.300. The van der Waals surface area contributed by atoms with Crippen molar-refractivity contribution in [2.45, 2.75) is 26.2 Å². The molecular formula is C21H25N3O3. The zero-order chi connectivity index (χ0) is 19.2. The lowest BCUT2D eigenvalue weighted by atomic mass is 10.1. The van der Waals surface area contributed by atoms with Crippen molar-refractivity contribution >= 4 is 23.2 Å². The first-order valence-corrected chi connectivity index (χ1v) is 9.31. The summed E-state index contributed by atoms with van der Waals surface area (Å²) in [5.74, 6) is 0.216. The van der Waals surface area contributed by atoms with Gasteiger partial charge in [0, 0.05) is 29.9 Å². The number of piperidine rings is 1. The molecule has 1 aliphatic rings. The van der Waals surface area contributed by atoms with E-state index in [0.29, 0.717) is 34.9 Å². The van der Waals surface area contributed by atoms with E-state index in [1.54, 1.807) is 42.5 Å². The minimum absolute atomic E-state index is 0.0165. The molecule has 0 spiro atoms. The Morgan fingerprint density at radius 3 is 2.56 bits per heavy atom. The van der Waals surface area contributed by atoms with Crippen molar-refractivity contribution in [2.75, 3.05) is 30.7 Å². The van der Waals surface area contributed by atoms with E-state index in [2.05, 4.69) is 5.32 Å². The van der Waals surface area contributed by atoms with Gasteiger partial charge in [-0.25, -0.2) is 0 Å². The number of likely N-dealkylation sites (tertiary alicyclic amines) is 1. The number of rotatable bonds is 5. The Kier molecular flexibility index (Phi) is 5.96. The Hall–Kier alpha value is -3.02. The lowest BCUT2D eigenvalue weighted by Crippen LogP contribution is -2.35. The van der Waals surface area contributed by atoms with E-state index < -0.39 is 0 Å². The Morgan fingerprint density at radius 2 is 1.85 bits per heavy atom. The maximum absolute atomic E-state index is 12.8. The number of carbonyl (C=O) groups is 2. The summed E-state index contributed by atoms with van der Waals surface area (Å²) < 4.78 is 5.61. The average molecular weight is 367 g/mol. The van der Waals surface area contributed by atoms with Gasteiger partial charge >= 0.3 is 0 Å². The third-order valence-electron chi connectivity index (χ3n) is 4.57. The molecule has 2 aromatic rings. The van der Waals surface area contributed by atoms with Crippen molar-refractivity contribution in [3.8, 4) is 5.75 Å². The topological polar surface area (TPSA) is 84.7 Å². The van der Waals surface area contributed by atoms with Crippen LogP contribution in [0.4, 0.5) is 11.4 Å². The predicted molar refractivity (Wildman–Crippen MR) is 106 cm³/mol. The normalized spacial score (nSPS) is 13.9. The Labute approximate surface area is 159 Å². The van der Waals surface area contributed by atoms with Gasteiger partial charge in [0.25, 0.3) is 11.8 Å². The Morgan fingerprint density at radius 1 is 1.07 bits per heavy atom. The number of hydrogen-bond acceptors (Lipinski definition) is 4. The predicted octanol–water partition coefficient (Wildman–Crippen LogP) is 3.55. The van der Waals surface area contributed by atoms with Crippen LogP contribution in [0.25, 0.3) is 0 Å². The molecule has 0 unspecified atom stereocenters. The summed E-state index contributed by atoms with van der Waals surface area (Å²) in [7, 11) is 0. The first kappa shape index (κ1) is 18.8. The number of hydrogen-bond donors (Lipinski definition) is 2. The van der Waals surface area contributed by atoms with E-state index in [1.807, 2.05) is 11.8 Å². The highest BCUT2D eigenvalue weighted by Gasteiger charge is 2.20. The molecule has 2 aromatic carbocycles. The van der Waals surface area contributed by atoms with Crippen molar-refractivity contribution < 1.29 is 14.3 Å². The van der Waals surface area contributed by atoms with Crippen LogP contribution in [0.1, 0.15) is 46.9 Å². The van der Waals surface area contributed by atoms with Gasteiger partial charge in [0.1, 0.15) is 5.75 Å². The molecule has 2 amide bonds. The molecule has 3 rings (SSSR count). The number of amides is 2. The molecular weight excluding hydrogens is 342 g/mol. The van der Waals surface area contributed by atoms with Crippen LogP contribution in [0, 0.1) is 0 Å². The lowest BCUT2D eigenvalue weighted by molar-refractivity contribution is 0.0724. The van der Waals surface area contributed by atoms with Gasteiger partial charge in [0.2, 0.25) is 0 Å². The number of nitrogens with one attached hydrogen (secondary N) is 1. The van der Waals surface area contributed by atoms with Gasteiger partial charge in [-0.1, -0.05) is 6.07 Å². The molecule has 1 aliphatic heterocycles. The summed E-state index contributed by atoms with van der Waals surface area (Å²) in [6, 6.07) is 11.9. The summed E-state index contributed by atoms with van der Waals surface area (Å²) in [6.07, 6.45) is 3.22. The summed E-state index contributed by atoms with van der Waals surface area (Å²) in [5, 5.41) is 2.85. The van der Waals surface area contributed by atoms with Crippen LogP contribution in [-0.4, -0.2) is 36.4 Å². The van der Waals surface area contributed by atoms with Gasteiger partial charge in [-0.15, -0.1) is 0 Å². The summed E-state index contributed by atoms with van der Waals surface area (Å²) in [5.41, 5.74) is 7.75. The molecule has 6 heteroatoms. The standard InChI is InChI=1S/C21H25N3O3/c1-2-27-19-10-9-16(21(26)24-11-4-3-5-12-24)14-18(19)23-20(25)15-7-6-8-17(22)13-15/h6-10,13-14H,2-5,11-12,22H2,1H3,(H,23,25). The van der Waals surface area contributed by atoms with Gasteiger partial charge in [-0.3, -0.25) is 9.59 Å².